The molecule has 0 N–H and O–H groups in total. The molecule has 1 aliphatic rings. The van der Waals surface area contributed by atoms with Gasteiger partial charge in [0.25, 0.3) is 0 Å². The first-order valence-corrected chi connectivity index (χ1v) is 6.36. The molecule has 0 spiro atoms. The average molecular weight is 322 g/mol. The largest absolute Gasteiger partial charge is 0.469 e. The van der Waals surface area contributed by atoms with Crippen LogP contribution in [-0.4, -0.2) is 25.5 Å². The van der Waals surface area contributed by atoms with Crippen molar-refractivity contribution in [2.24, 2.45) is 5.92 Å². The van der Waals surface area contributed by atoms with E-state index in [-0.39, 0.29) is 23.7 Å². The van der Waals surface area contributed by atoms with Crippen molar-refractivity contribution in [2.45, 2.75) is 12.6 Å². The van der Waals surface area contributed by atoms with Gasteiger partial charge in [-0.15, -0.1) is 0 Å². The predicted octanol–water partition coefficient (Wildman–Crippen LogP) is 2.88. The summed E-state index contributed by atoms with van der Waals surface area (Å²) in [5, 5.41) is 0.0156. The van der Waals surface area contributed by atoms with Gasteiger partial charge in [-0.1, -0.05) is 11.6 Å². The number of anilines is 1. The third kappa shape index (κ3) is 3.12. The summed E-state index contributed by atoms with van der Waals surface area (Å²) in [6.07, 6.45) is -4.65. The molecule has 1 atom stereocenters. The topological polar surface area (TPSA) is 46.6 Å². The monoisotopic (exact) mass is 321 g/mol. The summed E-state index contributed by atoms with van der Waals surface area (Å²) in [6, 6.07) is 2.72. The van der Waals surface area contributed by atoms with Crippen molar-refractivity contribution in [1.82, 2.24) is 0 Å². The highest BCUT2D eigenvalue weighted by molar-refractivity contribution is 6.34. The Bertz CT molecular complexity index is 589. The Labute approximate surface area is 123 Å². The zero-order valence-electron chi connectivity index (χ0n) is 10.9. The van der Waals surface area contributed by atoms with Crippen LogP contribution in [0.4, 0.5) is 18.9 Å². The summed E-state index contributed by atoms with van der Waals surface area (Å²) < 4.78 is 42.7. The summed E-state index contributed by atoms with van der Waals surface area (Å²) in [6.45, 7) is -0.0491. The van der Waals surface area contributed by atoms with E-state index in [9.17, 15) is 22.8 Å². The minimum absolute atomic E-state index is 0.0156. The van der Waals surface area contributed by atoms with E-state index in [1.54, 1.807) is 0 Å². The summed E-state index contributed by atoms with van der Waals surface area (Å²) in [5.74, 6) is -1.74. The lowest BCUT2D eigenvalue weighted by atomic mass is 10.1. The SMILES string of the molecule is COC(=O)C1CC(=O)N(c2cc(C(F)(F)F)ccc2Cl)C1. The van der Waals surface area contributed by atoms with Crippen LogP contribution in [-0.2, 0) is 20.5 Å². The summed E-state index contributed by atoms with van der Waals surface area (Å²) in [5.41, 5.74) is -0.959. The third-order valence-corrected chi connectivity index (χ3v) is 3.54. The molecule has 2 rings (SSSR count). The van der Waals surface area contributed by atoms with Crippen LogP contribution in [0.2, 0.25) is 5.02 Å². The molecule has 0 radical (unpaired) electrons. The highest BCUT2D eigenvalue weighted by Crippen LogP contribution is 2.37. The van der Waals surface area contributed by atoms with E-state index >= 15 is 0 Å². The van der Waals surface area contributed by atoms with Crippen LogP contribution >= 0.6 is 11.6 Å². The number of hydrogen-bond acceptors (Lipinski definition) is 3. The van der Waals surface area contributed by atoms with Crippen LogP contribution in [0.1, 0.15) is 12.0 Å². The molecule has 0 aromatic heterocycles. The maximum atomic E-state index is 12.7. The lowest BCUT2D eigenvalue weighted by molar-refractivity contribution is -0.145. The van der Waals surface area contributed by atoms with E-state index < -0.39 is 29.5 Å². The molecule has 21 heavy (non-hydrogen) atoms. The summed E-state index contributed by atoms with van der Waals surface area (Å²) >= 11 is 5.88. The van der Waals surface area contributed by atoms with Gasteiger partial charge in [-0.25, -0.2) is 0 Å². The lowest BCUT2D eigenvalue weighted by Crippen LogP contribution is -2.26. The van der Waals surface area contributed by atoms with E-state index in [0.717, 1.165) is 23.1 Å². The Hall–Kier alpha value is -1.76. The van der Waals surface area contributed by atoms with E-state index in [4.69, 9.17) is 11.6 Å². The zero-order valence-corrected chi connectivity index (χ0v) is 11.7. The van der Waals surface area contributed by atoms with Gasteiger partial charge >= 0.3 is 12.1 Å². The van der Waals surface area contributed by atoms with E-state index in [0.29, 0.717) is 0 Å². The molecule has 1 aromatic carbocycles. The molecule has 4 nitrogen and oxygen atoms in total. The maximum absolute atomic E-state index is 12.7. The first-order chi connectivity index (χ1) is 9.74. The molecule has 0 saturated carbocycles. The normalized spacial score (nSPS) is 19.0. The van der Waals surface area contributed by atoms with Crippen LogP contribution in [0.15, 0.2) is 18.2 Å². The molecule has 114 valence electrons. The number of amides is 1. The van der Waals surface area contributed by atoms with Crippen molar-refractivity contribution in [1.29, 1.82) is 0 Å². The van der Waals surface area contributed by atoms with Gasteiger partial charge in [0.15, 0.2) is 0 Å². The molecule has 1 unspecified atom stereocenters. The van der Waals surface area contributed by atoms with Gasteiger partial charge in [-0.2, -0.15) is 13.2 Å². The molecule has 1 aromatic rings. The number of halogens is 4. The first-order valence-electron chi connectivity index (χ1n) is 5.99. The second-order valence-corrected chi connectivity index (χ2v) is 5.00. The highest BCUT2D eigenvalue weighted by Gasteiger charge is 2.38. The van der Waals surface area contributed by atoms with Crippen molar-refractivity contribution in [2.75, 3.05) is 18.6 Å². The van der Waals surface area contributed by atoms with Crippen LogP contribution in [0.25, 0.3) is 0 Å². The number of rotatable bonds is 2. The van der Waals surface area contributed by atoms with Crippen LogP contribution in [0.3, 0.4) is 0 Å². The van der Waals surface area contributed by atoms with E-state index in [2.05, 4.69) is 4.74 Å². The Kier molecular flexibility index (Phi) is 4.13. The van der Waals surface area contributed by atoms with Crippen LogP contribution in [0, 0.1) is 5.92 Å². The fourth-order valence-electron chi connectivity index (χ4n) is 2.16. The van der Waals surface area contributed by atoms with Gasteiger partial charge < -0.3 is 9.64 Å². The lowest BCUT2D eigenvalue weighted by Gasteiger charge is -2.19. The van der Waals surface area contributed by atoms with Crippen molar-refractivity contribution < 1.29 is 27.5 Å². The number of carbonyl (C=O) groups excluding carboxylic acids is 2. The van der Waals surface area contributed by atoms with E-state index in [1.807, 2.05) is 0 Å². The molecule has 1 aliphatic heterocycles. The van der Waals surface area contributed by atoms with E-state index in [1.165, 1.54) is 7.11 Å². The fraction of sp³-hybridized carbons (Fsp3) is 0.385. The third-order valence-electron chi connectivity index (χ3n) is 3.22. The van der Waals surface area contributed by atoms with Gasteiger partial charge in [0.05, 0.1) is 29.3 Å². The number of ether oxygens (including phenoxy) is 1. The Morgan fingerprint density at radius 3 is 2.67 bits per heavy atom. The zero-order chi connectivity index (χ0) is 15.8. The second-order valence-electron chi connectivity index (χ2n) is 4.59. The number of nitrogens with zero attached hydrogens (tertiary/aromatic N) is 1. The van der Waals surface area contributed by atoms with Gasteiger partial charge in [0.1, 0.15) is 0 Å². The molecule has 1 saturated heterocycles. The quantitative estimate of drug-likeness (QED) is 0.787. The van der Waals surface area contributed by atoms with Gasteiger partial charge in [0, 0.05) is 13.0 Å². The fourth-order valence-corrected chi connectivity index (χ4v) is 2.38. The predicted molar refractivity (Wildman–Crippen MR) is 68.9 cm³/mol. The van der Waals surface area contributed by atoms with Crippen molar-refractivity contribution in [3.05, 3.63) is 28.8 Å². The van der Waals surface area contributed by atoms with Crippen molar-refractivity contribution in [3.63, 3.8) is 0 Å². The number of esters is 1. The molecule has 1 fully saturated rings. The minimum Gasteiger partial charge on any atom is -0.469 e. The van der Waals surface area contributed by atoms with Gasteiger partial charge in [-0.05, 0) is 18.2 Å². The van der Waals surface area contributed by atoms with Crippen molar-refractivity contribution in [3.8, 4) is 0 Å². The molecule has 1 heterocycles. The molecular weight excluding hydrogens is 311 g/mol. The molecule has 1 amide bonds. The molecular formula is C13H11ClF3NO3. The van der Waals surface area contributed by atoms with Gasteiger partial charge in [-0.3, -0.25) is 9.59 Å². The summed E-state index contributed by atoms with van der Waals surface area (Å²) in [4.78, 5) is 24.4. The van der Waals surface area contributed by atoms with Crippen molar-refractivity contribution >= 4 is 29.2 Å². The minimum atomic E-state index is -4.54. The second kappa shape index (κ2) is 5.55. The average Bonchev–Trinajstić information content (AvgIpc) is 2.79. The molecule has 8 heteroatoms. The Morgan fingerprint density at radius 2 is 2.10 bits per heavy atom. The van der Waals surface area contributed by atoms with Gasteiger partial charge in [0.2, 0.25) is 5.91 Å². The standard InChI is InChI=1S/C13H11ClF3NO3/c1-21-12(20)7-4-11(19)18(6-7)10-5-8(13(15,16)17)2-3-9(10)14/h2-3,5,7H,4,6H2,1H3. The number of hydrogen-bond donors (Lipinski definition) is 0. The first kappa shape index (κ1) is 15.6. The number of carbonyl (C=O) groups is 2. The number of benzene rings is 1. The van der Waals surface area contributed by atoms with Crippen LogP contribution in [0.5, 0.6) is 0 Å². The number of methoxy groups -OCH3 is 1. The Morgan fingerprint density at radius 1 is 1.43 bits per heavy atom. The Balaban J connectivity index is 2.34. The number of alkyl halides is 3. The van der Waals surface area contributed by atoms with Crippen LogP contribution < -0.4 is 4.90 Å². The highest BCUT2D eigenvalue weighted by atomic mass is 35.5. The maximum Gasteiger partial charge on any atom is 0.416 e. The summed E-state index contributed by atoms with van der Waals surface area (Å²) in [7, 11) is 1.19. The molecule has 0 aliphatic carbocycles. The molecule has 0 bridgehead atoms. The smallest absolute Gasteiger partial charge is 0.416 e.